The summed E-state index contributed by atoms with van der Waals surface area (Å²) < 4.78 is 18.9. The van der Waals surface area contributed by atoms with Crippen molar-refractivity contribution in [3.8, 4) is 0 Å². The lowest BCUT2D eigenvalue weighted by Crippen LogP contribution is -2.40. The van der Waals surface area contributed by atoms with Gasteiger partial charge in [-0.05, 0) is 33.8 Å². The summed E-state index contributed by atoms with van der Waals surface area (Å²) in [4.78, 5) is 12.0. The van der Waals surface area contributed by atoms with Crippen LogP contribution in [0.1, 0.15) is 36.9 Å². The van der Waals surface area contributed by atoms with E-state index in [9.17, 15) is 9.18 Å². The van der Waals surface area contributed by atoms with E-state index in [0.29, 0.717) is 10.9 Å². The molecule has 0 spiro atoms. The molecule has 1 heterocycles. The molecule has 0 aliphatic heterocycles. The fourth-order valence-corrected chi connectivity index (χ4v) is 1.82. The number of carbonyl (C=O) groups is 1. The van der Waals surface area contributed by atoms with Crippen LogP contribution < -0.4 is 5.32 Å². The Labute approximate surface area is 105 Å². The van der Waals surface area contributed by atoms with E-state index in [1.54, 1.807) is 19.1 Å². The summed E-state index contributed by atoms with van der Waals surface area (Å²) in [6.45, 7) is 7.39. The minimum atomic E-state index is -0.453. The monoisotopic (exact) mass is 249 g/mol. The van der Waals surface area contributed by atoms with Crippen molar-refractivity contribution < 1.29 is 13.6 Å². The average Bonchev–Trinajstić information content (AvgIpc) is 2.56. The largest absolute Gasteiger partial charge is 0.448 e. The maximum Gasteiger partial charge on any atom is 0.287 e. The van der Waals surface area contributed by atoms with Crippen LogP contribution in [0.5, 0.6) is 0 Å². The molecule has 0 bridgehead atoms. The lowest BCUT2D eigenvalue weighted by atomic mass is 10.1. The van der Waals surface area contributed by atoms with Gasteiger partial charge in [-0.15, -0.1) is 0 Å². The van der Waals surface area contributed by atoms with Gasteiger partial charge in [0.25, 0.3) is 5.91 Å². The number of aryl methyl sites for hydroxylation is 1. The Morgan fingerprint density at radius 3 is 2.56 bits per heavy atom. The summed E-state index contributed by atoms with van der Waals surface area (Å²) in [5, 5.41) is 3.43. The number of hydrogen-bond donors (Lipinski definition) is 1. The molecule has 0 fully saturated rings. The van der Waals surface area contributed by atoms with Crippen molar-refractivity contribution in [2.75, 3.05) is 0 Å². The smallest absolute Gasteiger partial charge is 0.287 e. The van der Waals surface area contributed by atoms with Crippen molar-refractivity contribution in [1.82, 2.24) is 5.32 Å². The Kier molecular flexibility index (Phi) is 2.89. The molecule has 0 saturated heterocycles. The van der Waals surface area contributed by atoms with E-state index >= 15 is 0 Å². The zero-order valence-corrected chi connectivity index (χ0v) is 10.9. The molecule has 96 valence electrons. The average molecular weight is 249 g/mol. The third-order valence-electron chi connectivity index (χ3n) is 2.61. The highest BCUT2D eigenvalue weighted by atomic mass is 19.1. The van der Waals surface area contributed by atoms with E-state index < -0.39 is 5.82 Å². The van der Waals surface area contributed by atoms with Gasteiger partial charge in [-0.25, -0.2) is 4.39 Å². The molecular weight excluding hydrogens is 233 g/mol. The minimum Gasteiger partial charge on any atom is -0.448 e. The standard InChI is InChI=1S/C14H16FNO2/c1-8-9-6-5-7-10(15)12(9)18-11(8)13(17)16-14(2,3)4/h5-7H,1-4H3,(H,16,17). The summed E-state index contributed by atoms with van der Waals surface area (Å²) in [7, 11) is 0. The lowest BCUT2D eigenvalue weighted by molar-refractivity contribution is 0.0892. The van der Waals surface area contributed by atoms with Gasteiger partial charge in [-0.2, -0.15) is 0 Å². The normalized spacial score (nSPS) is 11.8. The van der Waals surface area contributed by atoms with Gasteiger partial charge in [0.05, 0.1) is 0 Å². The summed E-state index contributed by atoms with van der Waals surface area (Å²) in [6, 6.07) is 4.66. The minimum absolute atomic E-state index is 0.133. The molecule has 18 heavy (non-hydrogen) atoms. The summed E-state index contributed by atoms with van der Waals surface area (Å²) >= 11 is 0. The molecule has 4 heteroatoms. The van der Waals surface area contributed by atoms with E-state index in [4.69, 9.17) is 4.42 Å². The number of nitrogens with one attached hydrogen (secondary N) is 1. The fourth-order valence-electron chi connectivity index (χ4n) is 1.82. The zero-order valence-electron chi connectivity index (χ0n) is 10.9. The number of rotatable bonds is 1. The number of halogens is 1. The van der Waals surface area contributed by atoms with E-state index in [1.165, 1.54) is 6.07 Å². The molecule has 1 aromatic carbocycles. The molecule has 1 N–H and O–H groups in total. The first kappa shape index (κ1) is 12.6. The second-order valence-electron chi connectivity index (χ2n) is 5.38. The van der Waals surface area contributed by atoms with Gasteiger partial charge in [0.15, 0.2) is 17.2 Å². The van der Waals surface area contributed by atoms with Crippen molar-refractivity contribution in [2.24, 2.45) is 0 Å². The van der Waals surface area contributed by atoms with Crippen molar-refractivity contribution in [1.29, 1.82) is 0 Å². The Balaban J connectivity index is 2.50. The summed E-state index contributed by atoms with van der Waals surface area (Å²) in [5.74, 6) is -0.606. The van der Waals surface area contributed by atoms with E-state index in [0.717, 1.165) is 0 Å². The number of para-hydroxylation sites is 1. The van der Waals surface area contributed by atoms with Gasteiger partial charge in [0, 0.05) is 16.5 Å². The van der Waals surface area contributed by atoms with Crippen molar-refractivity contribution in [2.45, 2.75) is 33.2 Å². The first-order chi connectivity index (χ1) is 8.29. The quantitative estimate of drug-likeness (QED) is 0.841. The number of benzene rings is 1. The van der Waals surface area contributed by atoms with Gasteiger partial charge in [-0.3, -0.25) is 4.79 Å². The predicted molar refractivity (Wildman–Crippen MR) is 68.1 cm³/mol. The first-order valence-corrected chi connectivity index (χ1v) is 5.80. The fraction of sp³-hybridized carbons (Fsp3) is 0.357. The van der Waals surface area contributed by atoms with E-state index in [2.05, 4.69) is 5.32 Å². The van der Waals surface area contributed by atoms with Crippen molar-refractivity contribution >= 4 is 16.9 Å². The van der Waals surface area contributed by atoms with Crippen LogP contribution in [-0.2, 0) is 0 Å². The number of carbonyl (C=O) groups excluding carboxylic acids is 1. The molecule has 2 aromatic rings. The molecule has 0 aliphatic rings. The second-order valence-corrected chi connectivity index (χ2v) is 5.38. The third kappa shape index (κ3) is 2.23. The number of fused-ring (bicyclic) bond motifs is 1. The van der Waals surface area contributed by atoms with Crippen LogP contribution in [0.25, 0.3) is 11.0 Å². The van der Waals surface area contributed by atoms with Crippen LogP contribution in [0.15, 0.2) is 22.6 Å². The molecule has 1 aromatic heterocycles. The van der Waals surface area contributed by atoms with E-state index in [1.807, 2.05) is 20.8 Å². The van der Waals surface area contributed by atoms with Crippen LogP contribution in [0, 0.1) is 12.7 Å². The molecule has 0 atom stereocenters. The first-order valence-electron chi connectivity index (χ1n) is 5.80. The van der Waals surface area contributed by atoms with Crippen LogP contribution in [0.2, 0.25) is 0 Å². The Morgan fingerprint density at radius 2 is 2.00 bits per heavy atom. The molecule has 0 radical (unpaired) electrons. The summed E-state index contributed by atoms with van der Waals surface area (Å²) in [6.07, 6.45) is 0. The highest BCUT2D eigenvalue weighted by Crippen LogP contribution is 2.27. The van der Waals surface area contributed by atoms with Crippen molar-refractivity contribution in [3.63, 3.8) is 0 Å². The molecule has 0 saturated carbocycles. The van der Waals surface area contributed by atoms with Gasteiger partial charge >= 0.3 is 0 Å². The highest BCUT2D eigenvalue weighted by Gasteiger charge is 2.22. The van der Waals surface area contributed by atoms with Gasteiger partial charge in [0.1, 0.15) is 0 Å². The van der Waals surface area contributed by atoms with Crippen LogP contribution >= 0.6 is 0 Å². The number of hydrogen-bond acceptors (Lipinski definition) is 2. The van der Waals surface area contributed by atoms with Crippen LogP contribution in [0.4, 0.5) is 4.39 Å². The van der Waals surface area contributed by atoms with Gasteiger partial charge in [-0.1, -0.05) is 12.1 Å². The molecular formula is C14H16FNO2. The molecule has 0 unspecified atom stereocenters. The second kappa shape index (κ2) is 4.12. The molecule has 2 rings (SSSR count). The zero-order chi connectivity index (χ0) is 13.5. The molecule has 1 amide bonds. The molecule has 3 nitrogen and oxygen atoms in total. The maximum absolute atomic E-state index is 13.6. The SMILES string of the molecule is Cc1c(C(=O)NC(C)(C)C)oc2c(F)cccc12. The van der Waals surface area contributed by atoms with E-state index in [-0.39, 0.29) is 22.8 Å². The predicted octanol–water partition coefficient (Wildman–Crippen LogP) is 3.41. The topological polar surface area (TPSA) is 42.2 Å². The van der Waals surface area contributed by atoms with Crippen LogP contribution in [0.3, 0.4) is 0 Å². The number of amides is 1. The maximum atomic E-state index is 13.6. The Hall–Kier alpha value is -1.84. The number of furan rings is 1. The summed E-state index contributed by atoms with van der Waals surface area (Å²) in [5.41, 5.74) is 0.432. The Bertz CT molecular complexity index is 608. The third-order valence-corrected chi connectivity index (χ3v) is 2.61. The molecule has 0 aliphatic carbocycles. The Morgan fingerprint density at radius 1 is 1.33 bits per heavy atom. The highest BCUT2D eigenvalue weighted by molar-refractivity contribution is 5.99. The lowest BCUT2D eigenvalue weighted by Gasteiger charge is -2.19. The van der Waals surface area contributed by atoms with Crippen molar-refractivity contribution in [3.05, 3.63) is 35.3 Å². The van der Waals surface area contributed by atoms with Gasteiger partial charge in [0.2, 0.25) is 0 Å². The van der Waals surface area contributed by atoms with Crippen LogP contribution in [-0.4, -0.2) is 11.4 Å². The van der Waals surface area contributed by atoms with Gasteiger partial charge < -0.3 is 9.73 Å².